The van der Waals surface area contributed by atoms with E-state index in [-0.39, 0.29) is 17.7 Å². The summed E-state index contributed by atoms with van der Waals surface area (Å²) in [6, 6.07) is 22.7. The number of ether oxygens (including phenoxy) is 1. The van der Waals surface area contributed by atoms with E-state index >= 15 is 0 Å². The number of hydrogen-bond acceptors (Lipinski definition) is 4. The number of imide groups is 1. The van der Waals surface area contributed by atoms with Gasteiger partial charge in [-0.25, -0.2) is 0 Å². The van der Waals surface area contributed by atoms with Crippen LogP contribution in [0.5, 0.6) is 5.75 Å². The summed E-state index contributed by atoms with van der Waals surface area (Å²) in [5.74, 6) is 0.408. The van der Waals surface area contributed by atoms with Gasteiger partial charge in [0.25, 0.3) is 11.1 Å². The molecule has 1 aliphatic heterocycles. The summed E-state index contributed by atoms with van der Waals surface area (Å²) in [6.07, 6.45) is 1.73. The fourth-order valence-electron chi connectivity index (χ4n) is 3.11. The molecule has 31 heavy (non-hydrogen) atoms. The van der Waals surface area contributed by atoms with E-state index in [0.29, 0.717) is 22.3 Å². The van der Waals surface area contributed by atoms with Gasteiger partial charge in [0.2, 0.25) is 0 Å². The Bertz CT molecular complexity index is 1140. The molecule has 4 nitrogen and oxygen atoms in total. The summed E-state index contributed by atoms with van der Waals surface area (Å²) in [5.41, 5.74) is 3.86. The first-order chi connectivity index (χ1) is 15.0. The summed E-state index contributed by atoms with van der Waals surface area (Å²) in [4.78, 5) is 26.9. The molecule has 3 aromatic rings. The van der Waals surface area contributed by atoms with E-state index in [4.69, 9.17) is 16.3 Å². The second kappa shape index (κ2) is 9.41. The van der Waals surface area contributed by atoms with Crippen molar-refractivity contribution in [3.63, 3.8) is 0 Å². The molecule has 0 atom stereocenters. The zero-order valence-electron chi connectivity index (χ0n) is 16.9. The molecule has 1 aliphatic rings. The van der Waals surface area contributed by atoms with Crippen LogP contribution in [0, 0.1) is 6.92 Å². The molecular weight excluding hydrogens is 430 g/mol. The van der Waals surface area contributed by atoms with Crippen molar-refractivity contribution in [1.29, 1.82) is 0 Å². The van der Waals surface area contributed by atoms with Crippen LogP contribution >= 0.6 is 23.4 Å². The molecule has 3 aromatic carbocycles. The maximum atomic E-state index is 12.8. The fourth-order valence-corrected chi connectivity index (χ4v) is 4.07. The first-order valence-electron chi connectivity index (χ1n) is 9.76. The number of benzene rings is 3. The van der Waals surface area contributed by atoms with Crippen molar-refractivity contribution >= 4 is 40.6 Å². The zero-order valence-corrected chi connectivity index (χ0v) is 18.5. The number of amides is 2. The fraction of sp³-hybridized carbons (Fsp3) is 0.120. The third-order valence-corrected chi connectivity index (χ3v) is 5.97. The lowest BCUT2D eigenvalue weighted by Gasteiger charge is -2.12. The largest absolute Gasteiger partial charge is 0.489 e. The van der Waals surface area contributed by atoms with Crippen LogP contribution in [-0.2, 0) is 17.9 Å². The van der Waals surface area contributed by atoms with Crippen LogP contribution in [0.2, 0.25) is 5.02 Å². The Balaban J connectivity index is 1.44. The van der Waals surface area contributed by atoms with Crippen LogP contribution in [0.25, 0.3) is 6.08 Å². The summed E-state index contributed by atoms with van der Waals surface area (Å²) in [7, 11) is 0. The van der Waals surface area contributed by atoms with Gasteiger partial charge < -0.3 is 4.74 Å². The number of carbonyl (C=O) groups is 2. The molecule has 0 aliphatic carbocycles. The number of rotatable bonds is 6. The van der Waals surface area contributed by atoms with Gasteiger partial charge in [-0.05, 0) is 65.7 Å². The van der Waals surface area contributed by atoms with Crippen LogP contribution in [0.15, 0.2) is 77.7 Å². The van der Waals surface area contributed by atoms with Crippen molar-refractivity contribution in [1.82, 2.24) is 4.90 Å². The Kier molecular flexibility index (Phi) is 6.44. The standard InChI is InChI=1S/C25H20ClNO3S/c1-17-5-7-18(8-6-17)15-27-24(28)23(31-25(27)29)14-20-3-2-4-22(13-20)30-16-19-9-11-21(26)12-10-19/h2-14H,15-16H2,1H3/b23-14+. The highest BCUT2D eigenvalue weighted by molar-refractivity contribution is 8.18. The number of nitrogens with zero attached hydrogens (tertiary/aromatic N) is 1. The average Bonchev–Trinajstić information content (AvgIpc) is 3.02. The summed E-state index contributed by atoms with van der Waals surface area (Å²) in [6.45, 7) is 2.68. The van der Waals surface area contributed by atoms with E-state index in [1.807, 2.05) is 79.7 Å². The lowest BCUT2D eigenvalue weighted by molar-refractivity contribution is -0.123. The van der Waals surface area contributed by atoms with Crippen molar-refractivity contribution < 1.29 is 14.3 Å². The van der Waals surface area contributed by atoms with E-state index in [2.05, 4.69) is 0 Å². The lowest BCUT2D eigenvalue weighted by atomic mass is 10.1. The molecule has 156 valence electrons. The third kappa shape index (κ3) is 5.37. The number of hydrogen-bond donors (Lipinski definition) is 0. The summed E-state index contributed by atoms with van der Waals surface area (Å²) in [5, 5.41) is 0.425. The maximum Gasteiger partial charge on any atom is 0.293 e. The van der Waals surface area contributed by atoms with Crippen molar-refractivity contribution in [2.75, 3.05) is 0 Å². The summed E-state index contributed by atoms with van der Waals surface area (Å²) >= 11 is 6.87. The minimum absolute atomic E-state index is 0.257. The average molecular weight is 450 g/mol. The van der Waals surface area contributed by atoms with Crippen LogP contribution < -0.4 is 4.74 Å². The van der Waals surface area contributed by atoms with Crippen LogP contribution in [-0.4, -0.2) is 16.0 Å². The second-order valence-electron chi connectivity index (χ2n) is 7.24. The van der Waals surface area contributed by atoms with Gasteiger partial charge in [0.05, 0.1) is 11.4 Å². The Hall–Kier alpha value is -3.02. The molecule has 1 saturated heterocycles. The van der Waals surface area contributed by atoms with Crippen LogP contribution in [0.3, 0.4) is 0 Å². The Morgan fingerprint density at radius 1 is 0.968 bits per heavy atom. The van der Waals surface area contributed by atoms with Gasteiger partial charge in [-0.2, -0.15) is 0 Å². The zero-order chi connectivity index (χ0) is 21.8. The number of thioether (sulfide) groups is 1. The smallest absolute Gasteiger partial charge is 0.293 e. The molecule has 0 N–H and O–H groups in total. The first-order valence-corrected chi connectivity index (χ1v) is 11.0. The predicted molar refractivity (Wildman–Crippen MR) is 125 cm³/mol. The van der Waals surface area contributed by atoms with Gasteiger partial charge >= 0.3 is 0 Å². The highest BCUT2D eigenvalue weighted by atomic mass is 35.5. The number of carbonyl (C=O) groups excluding carboxylic acids is 2. The molecular formula is C25H20ClNO3S. The lowest BCUT2D eigenvalue weighted by Crippen LogP contribution is -2.27. The molecule has 0 bridgehead atoms. The Morgan fingerprint density at radius 2 is 1.68 bits per heavy atom. The quantitative estimate of drug-likeness (QED) is 0.405. The van der Waals surface area contributed by atoms with E-state index < -0.39 is 0 Å². The molecule has 0 unspecified atom stereocenters. The molecule has 2 amide bonds. The van der Waals surface area contributed by atoms with Crippen LogP contribution in [0.4, 0.5) is 4.79 Å². The Labute approximate surface area is 190 Å². The van der Waals surface area contributed by atoms with Crippen LogP contribution in [0.1, 0.15) is 22.3 Å². The minimum Gasteiger partial charge on any atom is -0.489 e. The number of halogens is 1. The predicted octanol–water partition coefficient (Wildman–Crippen LogP) is 6.46. The highest BCUT2D eigenvalue weighted by Crippen LogP contribution is 2.33. The molecule has 0 saturated carbocycles. The second-order valence-corrected chi connectivity index (χ2v) is 8.67. The van der Waals surface area contributed by atoms with Crippen molar-refractivity contribution in [2.24, 2.45) is 0 Å². The van der Waals surface area contributed by atoms with Gasteiger partial charge in [-0.1, -0.05) is 65.7 Å². The monoisotopic (exact) mass is 449 g/mol. The molecule has 6 heteroatoms. The van der Waals surface area contributed by atoms with Gasteiger partial charge in [-0.3, -0.25) is 14.5 Å². The molecule has 1 heterocycles. The molecule has 0 radical (unpaired) electrons. The van der Waals surface area contributed by atoms with Gasteiger partial charge in [-0.15, -0.1) is 0 Å². The van der Waals surface area contributed by atoms with E-state index in [1.165, 1.54) is 4.90 Å². The van der Waals surface area contributed by atoms with E-state index in [0.717, 1.165) is 34.0 Å². The molecule has 0 aromatic heterocycles. The van der Waals surface area contributed by atoms with Crippen molar-refractivity contribution in [3.8, 4) is 5.75 Å². The first kappa shape index (κ1) is 21.2. The highest BCUT2D eigenvalue weighted by Gasteiger charge is 2.34. The molecule has 4 rings (SSSR count). The number of aryl methyl sites for hydroxylation is 1. The minimum atomic E-state index is -0.275. The van der Waals surface area contributed by atoms with Crippen molar-refractivity contribution in [2.45, 2.75) is 20.1 Å². The SMILES string of the molecule is Cc1ccc(CN2C(=O)S/C(=C/c3cccc(OCc4ccc(Cl)cc4)c3)C2=O)cc1. The third-order valence-electron chi connectivity index (χ3n) is 4.81. The molecule has 1 fully saturated rings. The van der Waals surface area contributed by atoms with E-state index in [9.17, 15) is 9.59 Å². The topological polar surface area (TPSA) is 46.6 Å². The molecule has 0 spiro atoms. The van der Waals surface area contributed by atoms with E-state index in [1.54, 1.807) is 6.08 Å². The van der Waals surface area contributed by atoms with Crippen molar-refractivity contribution in [3.05, 3.63) is 105 Å². The Morgan fingerprint density at radius 3 is 2.42 bits per heavy atom. The normalized spacial score (nSPS) is 15.0. The summed E-state index contributed by atoms with van der Waals surface area (Å²) < 4.78 is 5.85. The van der Waals surface area contributed by atoms with Gasteiger partial charge in [0, 0.05) is 5.02 Å². The van der Waals surface area contributed by atoms with Gasteiger partial charge in [0.1, 0.15) is 12.4 Å². The maximum absolute atomic E-state index is 12.8. The van der Waals surface area contributed by atoms with Gasteiger partial charge in [0.15, 0.2) is 0 Å².